The SMILES string of the molecule is CCC(C(=O)NC(C)C)N(Cc1c(Cl)cccc1Cl)C(=O)CN(c1ccc(Oc2ccccc2)cc1)S(C)(=O)=O. The average molecular weight is 607 g/mol. The molecule has 3 aromatic carbocycles. The zero-order valence-corrected chi connectivity index (χ0v) is 25.1. The Kier molecular flexibility index (Phi) is 10.8. The molecule has 0 aliphatic carbocycles. The van der Waals surface area contributed by atoms with Crippen LogP contribution in [0.1, 0.15) is 32.8 Å². The largest absolute Gasteiger partial charge is 0.457 e. The fraction of sp³-hybridized carbons (Fsp3) is 0.310. The van der Waals surface area contributed by atoms with E-state index in [1.807, 2.05) is 32.0 Å². The summed E-state index contributed by atoms with van der Waals surface area (Å²) >= 11 is 12.8. The van der Waals surface area contributed by atoms with Gasteiger partial charge in [-0.05, 0) is 68.8 Å². The number of benzene rings is 3. The van der Waals surface area contributed by atoms with Crippen molar-refractivity contribution in [2.45, 2.75) is 45.8 Å². The molecule has 0 aliphatic rings. The van der Waals surface area contributed by atoms with Gasteiger partial charge in [0.05, 0.1) is 11.9 Å². The van der Waals surface area contributed by atoms with E-state index in [1.54, 1.807) is 61.5 Å². The van der Waals surface area contributed by atoms with Crippen LogP contribution in [0, 0.1) is 0 Å². The first-order valence-electron chi connectivity index (χ1n) is 12.7. The van der Waals surface area contributed by atoms with E-state index in [-0.39, 0.29) is 30.6 Å². The lowest BCUT2D eigenvalue weighted by atomic mass is 10.1. The van der Waals surface area contributed by atoms with Crippen LogP contribution in [0.4, 0.5) is 5.69 Å². The third-order valence-electron chi connectivity index (χ3n) is 5.99. The highest BCUT2D eigenvalue weighted by Crippen LogP contribution is 2.29. The summed E-state index contributed by atoms with van der Waals surface area (Å²) in [6.07, 6.45) is 1.31. The van der Waals surface area contributed by atoms with Crippen LogP contribution >= 0.6 is 23.2 Å². The fourth-order valence-corrected chi connectivity index (χ4v) is 5.44. The van der Waals surface area contributed by atoms with E-state index in [0.29, 0.717) is 27.1 Å². The van der Waals surface area contributed by atoms with Gasteiger partial charge in [0, 0.05) is 28.2 Å². The monoisotopic (exact) mass is 605 g/mol. The Morgan fingerprint density at radius 3 is 2.00 bits per heavy atom. The summed E-state index contributed by atoms with van der Waals surface area (Å²) < 4.78 is 32.5. The minimum atomic E-state index is -3.89. The van der Waals surface area contributed by atoms with Crippen LogP contribution in [0.2, 0.25) is 10.0 Å². The van der Waals surface area contributed by atoms with E-state index in [9.17, 15) is 18.0 Å². The number of carbonyl (C=O) groups is 2. The van der Waals surface area contributed by atoms with E-state index in [0.717, 1.165) is 10.6 Å². The quantitative estimate of drug-likeness (QED) is 0.278. The number of sulfonamides is 1. The van der Waals surface area contributed by atoms with Gasteiger partial charge in [-0.3, -0.25) is 13.9 Å². The first-order valence-corrected chi connectivity index (χ1v) is 15.3. The highest BCUT2D eigenvalue weighted by Gasteiger charge is 2.32. The maximum absolute atomic E-state index is 13.8. The zero-order chi connectivity index (χ0) is 29.4. The molecule has 0 saturated carbocycles. The first kappa shape index (κ1) is 31.3. The van der Waals surface area contributed by atoms with Gasteiger partial charge in [-0.25, -0.2) is 8.42 Å². The molecular formula is C29H33Cl2N3O5S. The van der Waals surface area contributed by atoms with Crippen molar-refractivity contribution < 1.29 is 22.7 Å². The highest BCUT2D eigenvalue weighted by atomic mass is 35.5. The van der Waals surface area contributed by atoms with E-state index in [4.69, 9.17) is 27.9 Å². The predicted molar refractivity (Wildman–Crippen MR) is 160 cm³/mol. The standard InChI is InChI=1S/C29H33Cl2N3O5S/c1-5-27(29(36)32-20(2)3)33(18-24-25(30)12-9-13-26(24)31)28(35)19-34(40(4,37)38)21-14-16-23(17-15-21)39-22-10-7-6-8-11-22/h6-17,20,27H,5,18-19H2,1-4H3,(H,32,36). The third kappa shape index (κ3) is 8.36. The molecule has 214 valence electrons. The van der Waals surface area contributed by atoms with Crippen LogP contribution in [-0.4, -0.2) is 50.0 Å². The lowest BCUT2D eigenvalue weighted by Gasteiger charge is -2.33. The number of nitrogens with zero attached hydrogens (tertiary/aromatic N) is 2. The lowest BCUT2D eigenvalue weighted by Crippen LogP contribution is -2.53. The minimum Gasteiger partial charge on any atom is -0.457 e. The van der Waals surface area contributed by atoms with Gasteiger partial charge in [0.15, 0.2) is 0 Å². The number of amides is 2. The number of carbonyl (C=O) groups excluding carboxylic acids is 2. The molecule has 0 bridgehead atoms. The average Bonchev–Trinajstić information content (AvgIpc) is 2.89. The molecule has 0 fully saturated rings. The molecule has 1 N–H and O–H groups in total. The van der Waals surface area contributed by atoms with Gasteiger partial charge < -0.3 is 15.0 Å². The maximum atomic E-state index is 13.8. The normalized spacial score (nSPS) is 12.1. The van der Waals surface area contributed by atoms with Crippen molar-refractivity contribution in [3.63, 3.8) is 0 Å². The molecule has 0 aliphatic heterocycles. The summed E-state index contributed by atoms with van der Waals surface area (Å²) in [5.41, 5.74) is 0.731. The van der Waals surface area contributed by atoms with Crippen LogP contribution in [0.15, 0.2) is 72.8 Å². The summed E-state index contributed by atoms with van der Waals surface area (Å²) in [5.74, 6) is 0.185. The molecule has 40 heavy (non-hydrogen) atoms. The van der Waals surface area contributed by atoms with Crippen LogP contribution in [-0.2, 0) is 26.2 Å². The van der Waals surface area contributed by atoms with E-state index in [1.165, 1.54) is 4.90 Å². The number of anilines is 1. The van der Waals surface area contributed by atoms with Gasteiger partial charge in [-0.1, -0.05) is 54.4 Å². The molecule has 2 amide bonds. The molecular weight excluding hydrogens is 573 g/mol. The number of ether oxygens (including phenoxy) is 1. The van der Waals surface area contributed by atoms with Crippen LogP contribution < -0.4 is 14.4 Å². The fourth-order valence-electron chi connectivity index (χ4n) is 4.07. The molecule has 1 atom stereocenters. The molecule has 1 unspecified atom stereocenters. The molecule has 0 aromatic heterocycles. The highest BCUT2D eigenvalue weighted by molar-refractivity contribution is 7.92. The van der Waals surface area contributed by atoms with Crippen molar-refractivity contribution in [2.24, 2.45) is 0 Å². The summed E-state index contributed by atoms with van der Waals surface area (Å²) in [4.78, 5) is 28.3. The van der Waals surface area contributed by atoms with Gasteiger partial charge in [-0.2, -0.15) is 0 Å². The Balaban J connectivity index is 1.93. The Labute approximate surface area is 245 Å². The number of rotatable bonds is 12. The zero-order valence-electron chi connectivity index (χ0n) is 22.8. The second kappa shape index (κ2) is 13.9. The molecule has 8 nitrogen and oxygen atoms in total. The number of para-hydroxylation sites is 1. The molecule has 11 heteroatoms. The van der Waals surface area contributed by atoms with Crippen LogP contribution in [0.5, 0.6) is 11.5 Å². The number of hydrogen-bond donors (Lipinski definition) is 1. The molecule has 3 aromatic rings. The van der Waals surface area contributed by atoms with Crippen LogP contribution in [0.3, 0.4) is 0 Å². The van der Waals surface area contributed by atoms with Gasteiger partial charge >= 0.3 is 0 Å². The number of nitrogens with one attached hydrogen (secondary N) is 1. The first-order chi connectivity index (χ1) is 18.9. The van der Waals surface area contributed by atoms with E-state index < -0.39 is 28.5 Å². The van der Waals surface area contributed by atoms with Crippen molar-refractivity contribution in [2.75, 3.05) is 17.1 Å². The molecule has 0 spiro atoms. The molecule has 0 saturated heterocycles. The molecule has 0 radical (unpaired) electrons. The molecule has 3 rings (SSSR count). The van der Waals surface area contributed by atoms with Gasteiger partial charge in [0.2, 0.25) is 21.8 Å². The van der Waals surface area contributed by atoms with E-state index in [2.05, 4.69) is 5.32 Å². The smallest absolute Gasteiger partial charge is 0.244 e. The Hall–Kier alpha value is -3.27. The topological polar surface area (TPSA) is 96.0 Å². The Morgan fingerprint density at radius 2 is 1.48 bits per heavy atom. The lowest BCUT2D eigenvalue weighted by molar-refractivity contribution is -0.140. The Bertz CT molecular complexity index is 1400. The number of hydrogen-bond acceptors (Lipinski definition) is 5. The van der Waals surface area contributed by atoms with Crippen molar-refractivity contribution in [3.8, 4) is 11.5 Å². The third-order valence-corrected chi connectivity index (χ3v) is 7.84. The van der Waals surface area contributed by atoms with Crippen molar-refractivity contribution in [1.82, 2.24) is 10.2 Å². The maximum Gasteiger partial charge on any atom is 0.244 e. The second-order valence-corrected chi connectivity index (χ2v) is 12.2. The van der Waals surface area contributed by atoms with Gasteiger partial charge in [0.1, 0.15) is 24.1 Å². The predicted octanol–water partition coefficient (Wildman–Crippen LogP) is 5.88. The van der Waals surface area contributed by atoms with Crippen LogP contribution in [0.25, 0.3) is 0 Å². The number of halogens is 2. The minimum absolute atomic E-state index is 0.0805. The molecule has 0 heterocycles. The second-order valence-electron chi connectivity index (χ2n) is 9.49. The van der Waals surface area contributed by atoms with Gasteiger partial charge in [-0.15, -0.1) is 0 Å². The van der Waals surface area contributed by atoms with Gasteiger partial charge in [0.25, 0.3) is 0 Å². The summed E-state index contributed by atoms with van der Waals surface area (Å²) in [6, 6.07) is 19.4. The van der Waals surface area contributed by atoms with Crippen molar-refractivity contribution >= 4 is 50.7 Å². The summed E-state index contributed by atoms with van der Waals surface area (Å²) in [7, 11) is -3.89. The summed E-state index contributed by atoms with van der Waals surface area (Å²) in [6.45, 7) is 4.80. The van der Waals surface area contributed by atoms with E-state index >= 15 is 0 Å². The summed E-state index contributed by atoms with van der Waals surface area (Å²) in [5, 5.41) is 3.50. The van der Waals surface area contributed by atoms with Crippen molar-refractivity contribution in [1.29, 1.82) is 0 Å². The van der Waals surface area contributed by atoms with Crippen molar-refractivity contribution in [3.05, 3.63) is 88.4 Å². The Morgan fingerprint density at radius 1 is 0.900 bits per heavy atom.